The Balaban J connectivity index is -0.000000150. The lowest BCUT2D eigenvalue weighted by atomic mass is 10.7. The Kier molecular flexibility index (Phi) is 16.8. The first kappa shape index (κ1) is 18.6. The number of hydrogen-bond donors (Lipinski definition) is 2. The van der Waals surface area contributed by atoms with Gasteiger partial charge in [0.25, 0.3) is 0 Å². The molecular weight excluding hydrogens is 174 g/mol. The highest BCUT2D eigenvalue weighted by molar-refractivity contribution is 4.24. The van der Waals surface area contributed by atoms with Crippen molar-refractivity contribution in [1.29, 1.82) is 0 Å². The summed E-state index contributed by atoms with van der Waals surface area (Å²) in [4.78, 5) is 0. The molecule has 0 fully saturated rings. The largest absolute Gasteiger partial charge is 0.870 e. The van der Waals surface area contributed by atoms with Crippen LogP contribution in [0.25, 0.3) is 0 Å². The second-order valence-corrected chi connectivity index (χ2v) is 3.74. The van der Waals surface area contributed by atoms with E-state index in [4.69, 9.17) is 10.2 Å². The minimum atomic E-state index is 0. The van der Waals surface area contributed by atoms with Gasteiger partial charge in [0.15, 0.2) is 0 Å². The van der Waals surface area contributed by atoms with Crippen LogP contribution in [0.3, 0.4) is 0 Å². The topological polar surface area (TPSA) is 79.7 Å². The smallest absolute Gasteiger partial charge is 0.0698 e. The van der Waals surface area contributed by atoms with Crippen LogP contribution in [0, 0.1) is 0 Å². The molecule has 0 rings (SSSR count). The molecule has 0 saturated heterocycles. The fourth-order valence-corrected chi connectivity index (χ4v) is 0.231. The van der Waals surface area contributed by atoms with Crippen LogP contribution in [0.4, 0.5) is 0 Å². The molecule has 0 aromatic heterocycles. The van der Waals surface area contributed by atoms with E-state index in [2.05, 4.69) is 32.9 Å². The van der Waals surface area contributed by atoms with Gasteiger partial charge < -0.3 is 24.9 Å². The van der Waals surface area contributed by atoms with E-state index < -0.39 is 0 Å². The highest BCUT2D eigenvalue weighted by Gasteiger charge is 1.88. The molecule has 0 bridgehead atoms. The van der Waals surface area contributed by atoms with Gasteiger partial charge in [-0.25, -0.2) is 0 Å². The van der Waals surface area contributed by atoms with Gasteiger partial charge in [0.05, 0.1) is 54.6 Å². The second-order valence-electron chi connectivity index (χ2n) is 3.74. The summed E-state index contributed by atoms with van der Waals surface area (Å²) in [6.07, 6.45) is 0. The predicted molar refractivity (Wildman–Crippen MR) is 50.9 cm³/mol. The summed E-state index contributed by atoms with van der Waals surface area (Å²) in [6, 6.07) is 0. The molecule has 84 valence electrons. The second kappa shape index (κ2) is 11.8. The first-order valence-electron chi connectivity index (χ1n) is 4.00. The Morgan fingerprint density at radius 3 is 1.31 bits per heavy atom. The van der Waals surface area contributed by atoms with E-state index in [1.807, 2.05) is 0 Å². The van der Waals surface area contributed by atoms with Crippen molar-refractivity contribution < 1.29 is 24.9 Å². The van der Waals surface area contributed by atoms with Gasteiger partial charge in [0, 0.05) is 0 Å². The van der Waals surface area contributed by atoms with Crippen molar-refractivity contribution in [2.24, 2.45) is 0 Å². The third kappa shape index (κ3) is 78.5. The van der Waals surface area contributed by atoms with Crippen molar-refractivity contribution >= 4 is 0 Å². The minimum absolute atomic E-state index is 0. The third-order valence-electron chi connectivity index (χ3n) is 0.471. The maximum absolute atomic E-state index is 8.09. The van der Waals surface area contributed by atoms with E-state index in [1.54, 1.807) is 0 Å². The van der Waals surface area contributed by atoms with E-state index in [0.29, 0.717) is 13.2 Å². The SMILES string of the molecule is C[N+](C)(C)C.OCCOCCO.[OH-]. The average molecular weight is 197 g/mol. The van der Waals surface area contributed by atoms with Crippen LogP contribution in [0.5, 0.6) is 0 Å². The summed E-state index contributed by atoms with van der Waals surface area (Å²) in [6.45, 7) is 0.696. The first-order valence-corrected chi connectivity index (χ1v) is 4.00. The molecule has 13 heavy (non-hydrogen) atoms. The monoisotopic (exact) mass is 197 g/mol. The number of quaternary nitrogens is 1. The lowest BCUT2D eigenvalue weighted by Crippen LogP contribution is -2.27. The van der Waals surface area contributed by atoms with Gasteiger partial charge in [-0.3, -0.25) is 0 Å². The van der Waals surface area contributed by atoms with Crippen molar-refractivity contribution in [3.05, 3.63) is 0 Å². The van der Waals surface area contributed by atoms with Crippen LogP contribution in [0.15, 0.2) is 0 Å². The quantitative estimate of drug-likeness (QED) is 0.454. The average Bonchev–Trinajstić information content (AvgIpc) is 1.85. The fraction of sp³-hybridized carbons (Fsp3) is 1.00. The Morgan fingerprint density at radius 1 is 0.923 bits per heavy atom. The molecule has 0 aliphatic carbocycles. The number of hydrogen-bond acceptors (Lipinski definition) is 4. The molecule has 3 N–H and O–H groups in total. The van der Waals surface area contributed by atoms with Crippen LogP contribution < -0.4 is 0 Å². The Bertz CT molecular complexity index is 72.7. The molecule has 5 heteroatoms. The van der Waals surface area contributed by atoms with Gasteiger partial charge in [-0.2, -0.15) is 0 Å². The van der Waals surface area contributed by atoms with Crippen molar-refractivity contribution in [1.82, 2.24) is 0 Å². The molecule has 0 unspecified atom stereocenters. The maximum Gasteiger partial charge on any atom is 0.0698 e. The Morgan fingerprint density at radius 2 is 1.15 bits per heavy atom. The van der Waals surface area contributed by atoms with Gasteiger partial charge >= 0.3 is 0 Å². The highest BCUT2D eigenvalue weighted by Crippen LogP contribution is 1.73. The maximum atomic E-state index is 8.09. The summed E-state index contributed by atoms with van der Waals surface area (Å²) in [5, 5.41) is 16.2. The van der Waals surface area contributed by atoms with Crippen LogP contribution in [0.1, 0.15) is 0 Å². The number of aliphatic hydroxyl groups excluding tert-OH is 2. The van der Waals surface area contributed by atoms with Crippen LogP contribution in [0.2, 0.25) is 0 Å². The Hall–Kier alpha value is -0.200. The summed E-state index contributed by atoms with van der Waals surface area (Å²) < 4.78 is 5.63. The normalized spacial score (nSPS) is 9.69. The van der Waals surface area contributed by atoms with E-state index in [9.17, 15) is 0 Å². The zero-order valence-corrected chi connectivity index (χ0v) is 9.03. The van der Waals surface area contributed by atoms with E-state index >= 15 is 0 Å². The number of ether oxygens (including phenoxy) is 1. The molecule has 0 aliphatic rings. The van der Waals surface area contributed by atoms with E-state index in [-0.39, 0.29) is 18.7 Å². The number of aliphatic hydroxyl groups is 2. The van der Waals surface area contributed by atoms with Gasteiger partial charge in [-0.15, -0.1) is 0 Å². The van der Waals surface area contributed by atoms with E-state index in [0.717, 1.165) is 4.48 Å². The lowest BCUT2D eigenvalue weighted by molar-refractivity contribution is -0.849. The van der Waals surface area contributed by atoms with Crippen LogP contribution >= 0.6 is 0 Å². The summed E-state index contributed by atoms with van der Waals surface area (Å²) in [5.74, 6) is 0. The van der Waals surface area contributed by atoms with Crippen molar-refractivity contribution in [2.45, 2.75) is 0 Å². The van der Waals surface area contributed by atoms with Gasteiger partial charge in [0.1, 0.15) is 0 Å². The first-order chi connectivity index (χ1) is 5.41. The summed E-state index contributed by atoms with van der Waals surface area (Å²) >= 11 is 0. The molecule has 0 aromatic rings. The van der Waals surface area contributed by atoms with Crippen LogP contribution in [-0.2, 0) is 4.74 Å². The molecule has 0 spiro atoms. The number of rotatable bonds is 4. The van der Waals surface area contributed by atoms with Crippen molar-refractivity contribution in [3.63, 3.8) is 0 Å². The number of nitrogens with zero attached hydrogens (tertiary/aromatic N) is 1. The molecule has 0 atom stereocenters. The molecule has 0 saturated carbocycles. The van der Waals surface area contributed by atoms with Gasteiger partial charge in [-0.1, -0.05) is 0 Å². The molecule has 0 amide bonds. The van der Waals surface area contributed by atoms with Crippen molar-refractivity contribution in [3.8, 4) is 0 Å². The predicted octanol–water partition coefficient (Wildman–Crippen LogP) is -0.867. The van der Waals surface area contributed by atoms with Gasteiger partial charge in [0.2, 0.25) is 0 Å². The standard InChI is InChI=1S/C4H12N.C4H10O3.H2O/c1-5(2,3)4;5-1-3-7-4-2-6;/h1-4H3;5-6H,1-4H2;1H2/q+1;;/p-1. The third-order valence-corrected chi connectivity index (χ3v) is 0.471. The molecule has 0 aromatic carbocycles. The molecular formula is C8H23NO4. The zero-order chi connectivity index (χ0) is 10.0. The lowest BCUT2D eigenvalue weighted by Gasteiger charge is -2.14. The van der Waals surface area contributed by atoms with Gasteiger partial charge in [-0.05, 0) is 0 Å². The molecule has 0 aliphatic heterocycles. The Labute approximate surface area is 80.5 Å². The minimum Gasteiger partial charge on any atom is -0.870 e. The summed E-state index contributed by atoms with van der Waals surface area (Å²) in [7, 11) is 8.50. The molecule has 5 nitrogen and oxygen atoms in total. The highest BCUT2D eigenvalue weighted by atomic mass is 16.5. The zero-order valence-electron chi connectivity index (χ0n) is 9.03. The summed E-state index contributed by atoms with van der Waals surface area (Å²) in [5.41, 5.74) is 0. The molecule has 0 radical (unpaired) electrons. The van der Waals surface area contributed by atoms with Crippen LogP contribution in [-0.4, -0.2) is 74.8 Å². The molecule has 0 heterocycles. The fourth-order valence-electron chi connectivity index (χ4n) is 0.231. The van der Waals surface area contributed by atoms with Crippen molar-refractivity contribution in [2.75, 3.05) is 54.6 Å². The van der Waals surface area contributed by atoms with E-state index in [1.165, 1.54) is 0 Å².